The molecule has 2 N–H and O–H groups in total. The predicted octanol–water partition coefficient (Wildman–Crippen LogP) is 4.63. The number of amides is 2. The van der Waals surface area contributed by atoms with Crippen molar-refractivity contribution in [1.82, 2.24) is 0 Å². The number of nitrogens with zero attached hydrogens (tertiary/aromatic N) is 1. The Morgan fingerprint density at radius 2 is 1.77 bits per heavy atom. The van der Waals surface area contributed by atoms with Gasteiger partial charge in [-0.1, -0.05) is 32.0 Å². The molecule has 4 nitrogen and oxygen atoms in total. The highest BCUT2D eigenvalue weighted by Gasteiger charge is 2.12. The van der Waals surface area contributed by atoms with Crippen molar-refractivity contribution in [3.8, 4) is 6.07 Å². The predicted molar refractivity (Wildman–Crippen MR) is 89.1 cm³/mol. The summed E-state index contributed by atoms with van der Waals surface area (Å²) in [5.74, 6) is 0.324. The van der Waals surface area contributed by atoms with Gasteiger partial charge in [0.25, 0.3) is 0 Å². The van der Waals surface area contributed by atoms with Crippen LogP contribution in [0.2, 0.25) is 0 Å². The van der Waals surface area contributed by atoms with E-state index < -0.39 is 0 Å². The number of anilines is 2. The van der Waals surface area contributed by atoms with E-state index in [4.69, 9.17) is 5.26 Å². The minimum Gasteiger partial charge on any atom is -0.308 e. The monoisotopic (exact) mass is 293 g/mol. The summed E-state index contributed by atoms with van der Waals surface area (Å²) in [5.41, 5.74) is 4.20. The summed E-state index contributed by atoms with van der Waals surface area (Å²) in [6, 6.07) is 14.5. The maximum absolute atomic E-state index is 12.2. The van der Waals surface area contributed by atoms with Crippen molar-refractivity contribution < 1.29 is 4.79 Å². The lowest BCUT2D eigenvalue weighted by Crippen LogP contribution is -2.21. The first-order valence-corrected chi connectivity index (χ1v) is 7.19. The van der Waals surface area contributed by atoms with Crippen LogP contribution >= 0.6 is 0 Å². The van der Waals surface area contributed by atoms with Crippen LogP contribution in [0, 0.1) is 18.3 Å². The molecule has 2 aromatic rings. The highest BCUT2D eigenvalue weighted by molar-refractivity contribution is 6.00. The molecule has 2 aromatic carbocycles. The van der Waals surface area contributed by atoms with Crippen LogP contribution in [0.25, 0.3) is 0 Å². The van der Waals surface area contributed by atoms with E-state index in [2.05, 4.69) is 24.5 Å². The molecule has 112 valence electrons. The summed E-state index contributed by atoms with van der Waals surface area (Å²) in [7, 11) is 0. The Morgan fingerprint density at radius 1 is 1.09 bits per heavy atom. The zero-order chi connectivity index (χ0) is 16.1. The van der Waals surface area contributed by atoms with Gasteiger partial charge >= 0.3 is 6.03 Å². The normalized spacial score (nSPS) is 10.1. The molecule has 0 aromatic heterocycles. The van der Waals surface area contributed by atoms with Crippen molar-refractivity contribution in [2.45, 2.75) is 26.7 Å². The van der Waals surface area contributed by atoms with Gasteiger partial charge in [-0.25, -0.2) is 4.79 Å². The van der Waals surface area contributed by atoms with Crippen LogP contribution in [0.3, 0.4) is 0 Å². The second kappa shape index (κ2) is 6.77. The average molecular weight is 293 g/mol. The summed E-state index contributed by atoms with van der Waals surface area (Å²) in [5, 5.41) is 14.5. The zero-order valence-electron chi connectivity index (χ0n) is 13.0. The molecule has 0 bridgehead atoms. The Morgan fingerprint density at radius 3 is 2.36 bits per heavy atom. The number of carbonyl (C=O) groups excluding carboxylic acids is 1. The van der Waals surface area contributed by atoms with Crippen LogP contribution in [0.5, 0.6) is 0 Å². The topological polar surface area (TPSA) is 64.9 Å². The van der Waals surface area contributed by atoms with E-state index in [-0.39, 0.29) is 6.03 Å². The molecule has 0 aliphatic rings. The van der Waals surface area contributed by atoms with Crippen molar-refractivity contribution >= 4 is 17.4 Å². The fourth-order valence-electron chi connectivity index (χ4n) is 2.25. The van der Waals surface area contributed by atoms with Crippen molar-refractivity contribution in [2.75, 3.05) is 10.6 Å². The van der Waals surface area contributed by atoms with Gasteiger partial charge in [-0.15, -0.1) is 0 Å². The molecule has 2 amide bonds. The lowest BCUT2D eigenvalue weighted by atomic mass is 9.98. The van der Waals surface area contributed by atoms with Crippen LogP contribution in [0.4, 0.5) is 16.2 Å². The first-order chi connectivity index (χ1) is 10.5. The molecule has 0 radical (unpaired) electrons. The molecule has 0 atom stereocenters. The standard InChI is InChI=1S/C18H19N3O/c1-12(2)16-6-4-5-13(3)17(16)21-18(22)20-15-9-7-14(11-19)8-10-15/h4-10,12H,1-3H3,(H2,20,21,22). The van der Waals surface area contributed by atoms with Crippen LogP contribution < -0.4 is 10.6 Å². The van der Waals surface area contributed by atoms with E-state index in [9.17, 15) is 4.79 Å². The molecule has 0 aliphatic heterocycles. The molecule has 4 heteroatoms. The summed E-state index contributed by atoms with van der Waals surface area (Å²) >= 11 is 0. The number of rotatable bonds is 3. The second-order valence-corrected chi connectivity index (χ2v) is 5.46. The minimum absolute atomic E-state index is 0.291. The fraction of sp³-hybridized carbons (Fsp3) is 0.222. The van der Waals surface area contributed by atoms with E-state index in [1.54, 1.807) is 24.3 Å². The van der Waals surface area contributed by atoms with Crippen molar-refractivity contribution in [3.63, 3.8) is 0 Å². The van der Waals surface area contributed by atoms with Crippen LogP contribution in [-0.4, -0.2) is 6.03 Å². The van der Waals surface area contributed by atoms with E-state index in [1.807, 2.05) is 31.2 Å². The molecular weight excluding hydrogens is 274 g/mol. The zero-order valence-corrected chi connectivity index (χ0v) is 13.0. The Kier molecular flexibility index (Phi) is 4.80. The third kappa shape index (κ3) is 3.64. The third-order valence-corrected chi connectivity index (χ3v) is 3.44. The van der Waals surface area contributed by atoms with E-state index in [0.29, 0.717) is 17.2 Å². The van der Waals surface area contributed by atoms with Gasteiger partial charge in [0.2, 0.25) is 0 Å². The number of hydrogen-bond acceptors (Lipinski definition) is 2. The Hall–Kier alpha value is -2.80. The maximum atomic E-state index is 12.2. The smallest absolute Gasteiger partial charge is 0.308 e. The molecular formula is C18H19N3O. The first-order valence-electron chi connectivity index (χ1n) is 7.19. The second-order valence-electron chi connectivity index (χ2n) is 5.46. The average Bonchev–Trinajstić information content (AvgIpc) is 2.49. The number of para-hydroxylation sites is 1. The molecule has 0 saturated heterocycles. The van der Waals surface area contributed by atoms with Gasteiger partial charge in [0.05, 0.1) is 11.6 Å². The van der Waals surface area contributed by atoms with Crippen LogP contribution in [-0.2, 0) is 0 Å². The SMILES string of the molecule is Cc1cccc(C(C)C)c1NC(=O)Nc1ccc(C#N)cc1. The van der Waals surface area contributed by atoms with Gasteiger partial charge in [0, 0.05) is 11.4 Å². The fourth-order valence-corrected chi connectivity index (χ4v) is 2.25. The van der Waals surface area contributed by atoms with Crippen LogP contribution in [0.15, 0.2) is 42.5 Å². The van der Waals surface area contributed by atoms with Gasteiger partial charge < -0.3 is 10.6 Å². The summed E-state index contributed by atoms with van der Waals surface area (Å²) in [6.45, 7) is 6.17. The van der Waals surface area contributed by atoms with E-state index >= 15 is 0 Å². The molecule has 2 rings (SSSR count). The van der Waals surface area contributed by atoms with Crippen molar-refractivity contribution in [1.29, 1.82) is 5.26 Å². The Bertz CT molecular complexity index is 712. The van der Waals surface area contributed by atoms with Gasteiger partial charge in [-0.3, -0.25) is 0 Å². The molecule has 0 saturated carbocycles. The molecule has 0 unspecified atom stereocenters. The number of carbonyl (C=O) groups is 1. The first kappa shape index (κ1) is 15.6. The third-order valence-electron chi connectivity index (χ3n) is 3.44. The Balaban J connectivity index is 2.14. The number of nitriles is 1. The molecule has 0 spiro atoms. The molecule has 0 aliphatic carbocycles. The molecule has 22 heavy (non-hydrogen) atoms. The number of urea groups is 1. The lowest BCUT2D eigenvalue weighted by molar-refractivity contribution is 0.262. The molecule has 0 heterocycles. The van der Waals surface area contributed by atoms with E-state index in [0.717, 1.165) is 16.8 Å². The quantitative estimate of drug-likeness (QED) is 0.866. The van der Waals surface area contributed by atoms with Crippen molar-refractivity contribution in [3.05, 3.63) is 59.2 Å². The van der Waals surface area contributed by atoms with Gasteiger partial charge in [-0.2, -0.15) is 5.26 Å². The van der Waals surface area contributed by atoms with E-state index in [1.165, 1.54) is 0 Å². The lowest BCUT2D eigenvalue weighted by Gasteiger charge is -2.16. The van der Waals surface area contributed by atoms with Gasteiger partial charge in [-0.05, 0) is 48.2 Å². The maximum Gasteiger partial charge on any atom is 0.323 e. The molecule has 0 fully saturated rings. The van der Waals surface area contributed by atoms with Gasteiger partial charge in [0.1, 0.15) is 0 Å². The number of nitrogens with one attached hydrogen (secondary N) is 2. The van der Waals surface area contributed by atoms with Gasteiger partial charge in [0.15, 0.2) is 0 Å². The summed E-state index contributed by atoms with van der Waals surface area (Å²) < 4.78 is 0. The highest BCUT2D eigenvalue weighted by atomic mass is 16.2. The summed E-state index contributed by atoms with van der Waals surface area (Å²) in [6.07, 6.45) is 0. The minimum atomic E-state index is -0.291. The van der Waals surface area contributed by atoms with Crippen molar-refractivity contribution in [2.24, 2.45) is 0 Å². The highest BCUT2D eigenvalue weighted by Crippen LogP contribution is 2.27. The summed E-state index contributed by atoms with van der Waals surface area (Å²) in [4.78, 5) is 12.2. The Labute approximate surface area is 130 Å². The van der Waals surface area contributed by atoms with Crippen LogP contribution in [0.1, 0.15) is 36.5 Å². The number of aryl methyl sites for hydroxylation is 1. The number of benzene rings is 2. The largest absolute Gasteiger partial charge is 0.323 e. The number of hydrogen-bond donors (Lipinski definition) is 2.